The molecule has 1 aliphatic rings. The molecule has 142 valence electrons. The molecule has 3 aromatic rings. The Kier molecular flexibility index (Phi) is 5.34. The van der Waals surface area contributed by atoms with Crippen LogP contribution in [-0.4, -0.2) is 32.7 Å². The van der Waals surface area contributed by atoms with E-state index in [0.29, 0.717) is 38.3 Å². The molecule has 28 heavy (non-hydrogen) atoms. The summed E-state index contributed by atoms with van der Waals surface area (Å²) in [6.07, 6.45) is 1.73. The predicted octanol–water partition coefficient (Wildman–Crippen LogP) is 5.38. The first-order chi connectivity index (χ1) is 13.5. The van der Waals surface area contributed by atoms with Gasteiger partial charge < -0.3 is 4.42 Å². The van der Waals surface area contributed by atoms with E-state index in [1.165, 1.54) is 23.1 Å². The Hall–Kier alpha value is -2.42. The highest BCUT2D eigenvalue weighted by Crippen LogP contribution is 2.36. The van der Waals surface area contributed by atoms with Crippen molar-refractivity contribution in [2.75, 3.05) is 6.54 Å². The van der Waals surface area contributed by atoms with Gasteiger partial charge in [0.2, 0.25) is 5.13 Å². The lowest BCUT2D eigenvalue weighted by atomic mass is 10.2. The third kappa shape index (κ3) is 3.76. The summed E-state index contributed by atoms with van der Waals surface area (Å²) < 4.78 is 5.88. The molecule has 6 nitrogen and oxygen atoms in total. The van der Waals surface area contributed by atoms with Crippen LogP contribution < -0.4 is 0 Å². The summed E-state index contributed by atoms with van der Waals surface area (Å²) in [5.41, 5.74) is 0.809. The van der Waals surface area contributed by atoms with Gasteiger partial charge in [0.25, 0.3) is 5.91 Å². The van der Waals surface area contributed by atoms with Gasteiger partial charge in [0, 0.05) is 18.2 Å². The summed E-state index contributed by atoms with van der Waals surface area (Å²) in [7, 11) is 0. The van der Waals surface area contributed by atoms with E-state index in [2.05, 4.69) is 15.2 Å². The van der Waals surface area contributed by atoms with Crippen LogP contribution in [0.3, 0.4) is 0 Å². The number of amides is 1. The highest BCUT2D eigenvalue weighted by atomic mass is 35.5. The normalized spacial score (nSPS) is 17.2. The first kappa shape index (κ1) is 18.9. The topological polar surface area (TPSA) is 71.6 Å². The Morgan fingerprint density at radius 3 is 2.79 bits per heavy atom. The quantitative estimate of drug-likeness (QED) is 0.519. The van der Waals surface area contributed by atoms with Crippen LogP contribution in [0.2, 0.25) is 5.02 Å². The molecule has 4 rings (SSSR count). The second-order valence-corrected chi connectivity index (χ2v) is 8.42. The van der Waals surface area contributed by atoms with Gasteiger partial charge in [-0.15, -0.1) is 10.2 Å². The van der Waals surface area contributed by atoms with Gasteiger partial charge in [-0.1, -0.05) is 35.1 Å². The van der Waals surface area contributed by atoms with Gasteiger partial charge in [0.1, 0.15) is 16.5 Å². The zero-order valence-corrected chi connectivity index (χ0v) is 17.4. The number of nitrogens with zero attached hydrogens (tertiary/aromatic N) is 4. The lowest BCUT2D eigenvalue weighted by molar-refractivity contribution is -0.122. The Labute approximate surface area is 174 Å². The van der Waals surface area contributed by atoms with E-state index in [9.17, 15) is 4.79 Å². The first-order valence-corrected chi connectivity index (χ1v) is 10.5. The van der Waals surface area contributed by atoms with Crippen LogP contribution in [0.15, 0.2) is 50.7 Å². The molecule has 1 aromatic carbocycles. The van der Waals surface area contributed by atoms with Gasteiger partial charge >= 0.3 is 0 Å². The van der Waals surface area contributed by atoms with Crippen molar-refractivity contribution < 1.29 is 9.21 Å². The summed E-state index contributed by atoms with van der Waals surface area (Å²) in [6.45, 7) is 4.29. The number of amidine groups is 1. The molecule has 1 fully saturated rings. The molecule has 0 saturated carbocycles. The first-order valence-electron chi connectivity index (χ1n) is 8.50. The molecule has 0 spiro atoms. The number of aryl methyl sites for hydroxylation is 1. The number of carbonyl (C=O) groups is 1. The number of rotatable bonds is 4. The predicted molar refractivity (Wildman–Crippen MR) is 114 cm³/mol. The third-order valence-corrected chi connectivity index (χ3v) is 6.02. The van der Waals surface area contributed by atoms with Gasteiger partial charge in [-0.05, 0) is 49.9 Å². The molecule has 1 saturated heterocycles. The zero-order chi connectivity index (χ0) is 19.7. The lowest BCUT2D eigenvalue weighted by Gasteiger charge is -2.10. The minimum Gasteiger partial charge on any atom is -0.457 e. The average Bonchev–Trinajstić information content (AvgIpc) is 3.37. The molecular formula is C19H15ClN4O2S2. The van der Waals surface area contributed by atoms with Crippen LogP contribution in [-0.2, 0) is 4.79 Å². The maximum atomic E-state index is 12.7. The summed E-state index contributed by atoms with van der Waals surface area (Å²) in [4.78, 5) is 19.4. The van der Waals surface area contributed by atoms with Crippen LogP contribution in [0, 0.1) is 6.92 Å². The van der Waals surface area contributed by atoms with Crippen molar-refractivity contribution in [3.63, 3.8) is 0 Å². The van der Waals surface area contributed by atoms with Crippen molar-refractivity contribution in [2.24, 2.45) is 4.99 Å². The maximum absolute atomic E-state index is 12.7. The SMILES string of the molecule is CCN1C(=O)/C(=C\c2ccc(-c3ccccc3Cl)o2)S/C1=N/c1nnc(C)s1. The van der Waals surface area contributed by atoms with Crippen molar-refractivity contribution in [3.05, 3.63) is 57.1 Å². The fraction of sp³-hybridized carbons (Fsp3) is 0.158. The van der Waals surface area contributed by atoms with E-state index in [-0.39, 0.29) is 5.91 Å². The molecule has 0 aliphatic carbocycles. The third-order valence-electron chi connectivity index (χ3n) is 3.95. The van der Waals surface area contributed by atoms with Gasteiger partial charge in [0.05, 0.1) is 9.93 Å². The molecule has 2 aromatic heterocycles. The molecule has 0 atom stereocenters. The fourth-order valence-electron chi connectivity index (χ4n) is 2.65. The maximum Gasteiger partial charge on any atom is 0.266 e. The number of halogens is 1. The molecule has 0 bridgehead atoms. The zero-order valence-electron chi connectivity index (χ0n) is 15.0. The number of likely N-dealkylation sites (N-methyl/N-ethyl adjacent to an activating group) is 1. The van der Waals surface area contributed by atoms with Crippen molar-refractivity contribution in [1.82, 2.24) is 15.1 Å². The van der Waals surface area contributed by atoms with Crippen molar-refractivity contribution in [2.45, 2.75) is 13.8 Å². The number of benzene rings is 1. The standard InChI is InChI=1S/C19H15ClN4O2S2/c1-3-24-17(25)16(28-19(24)21-18-23-22-11(2)27-18)10-12-8-9-15(26-12)13-6-4-5-7-14(13)20/h4-10H,3H2,1-2H3/b16-10+,21-19+. The second-order valence-electron chi connectivity index (χ2n) is 5.84. The van der Waals surface area contributed by atoms with Crippen molar-refractivity contribution >= 4 is 57.0 Å². The number of hydrogen-bond donors (Lipinski definition) is 0. The molecule has 0 N–H and O–H groups in total. The highest BCUT2D eigenvalue weighted by molar-refractivity contribution is 8.18. The highest BCUT2D eigenvalue weighted by Gasteiger charge is 2.32. The lowest BCUT2D eigenvalue weighted by Crippen LogP contribution is -2.28. The molecular weight excluding hydrogens is 416 g/mol. The second kappa shape index (κ2) is 7.90. The van der Waals surface area contributed by atoms with Crippen LogP contribution in [0.4, 0.5) is 5.13 Å². The van der Waals surface area contributed by atoms with Gasteiger partial charge in [-0.3, -0.25) is 9.69 Å². The van der Waals surface area contributed by atoms with Gasteiger partial charge in [0.15, 0.2) is 5.17 Å². The van der Waals surface area contributed by atoms with E-state index >= 15 is 0 Å². The van der Waals surface area contributed by atoms with Gasteiger partial charge in [-0.25, -0.2) is 0 Å². The number of hydrogen-bond acceptors (Lipinski definition) is 7. The average molecular weight is 431 g/mol. The smallest absolute Gasteiger partial charge is 0.266 e. The Balaban J connectivity index is 1.62. The molecule has 3 heterocycles. The number of thioether (sulfide) groups is 1. The van der Waals surface area contributed by atoms with Crippen LogP contribution >= 0.6 is 34.7 Å². The van der Waals surface area contributed by atoms with Crippen LogP contribution in [0.1, 0.15) is 17.7 Å². The summed E-state index contributed by atoms with van der Waals surface area (Å²) in [5, 5.41) is 10.5. The van der Waals surface area contributed by atoms with Crippen LogP contribution in [0.25, 0.3) is 17.4 Å². The van der Waals surface area contributed by atoms with E-state index in [1.54, 1.807) is 11.0 Å². The molecule has 0 unspecified atom stereocenters. The molecule has 0 radical (unpaired) electrons. The van der Waals surface area contributed by atoms with Crippen molar-refractivity contribution in [3.8, 4) is 11.3 Å². The van der Waals surface area contributed by atoms with E-state index in [4.69, 9.17) is 16.0 Å². The fourth-order valence-corrected chi connectivity index (χ4v) is 4.52. The Bertz CT molecular complexity index is 1100. The molecule has 1 aliphatic heterocycles. The number of carbonyl (C=O) groups excluding carboxylic acids is 1. The van der Waals surface area contributed by atoms with E-state index < -0.39 is 0 Å². The number of aromatic nitrogens is 2. The van der Waals surface area contributed by atoms with E-state index in [1.807, 2.05) is 50.2 Å². The summed E-state index contributed by atoms with van der Waals surface area (Å²) in [5.74, 6) is 1.12. The van der Waals surface area contributed by atoms with Crippen LogP contribution in [0.5, 0.6) is 0 Å². The Morgan fingerprint density at radius 1 is 1.25 bits per heavy atom. The Morgan fingerprint density at radius 2 is 2.07 bits per heavy atom. The van der Waals surface area contributed by atoms with Gasteiger partial charge in [-0.2, -0.15) is 4.99 Å². The van der Waals surface area contributed by atoms with E-state index in [0.717, 1.165) is 10.6 Å². The minimum atomic E-state index is -0.108. The molecule has 1 amide bonds. The molecule has 9 heteroatoms. The number of aliphatic imine (C=N–C) groups is 1. The number of furan rings is 1. The summed E-state index contributed by atoms with van der Waals surface area (Å²) in [6, 6.07) is 11.1. The minimum absolute atomic E-state index is 0.108. The largest absolute Gasteiger partial charge is 0.457 e. The van der Waals surface area contributed by atoms with Crippen molar-refractivity contribution in [1.29, 1.82) is 0 Å². The summed E-state index contributed by atoms with van der Waals surface area (Å²) >= 11 is 8.91. The monoisotopic (exact) mass is 430 g/mol.